The lowest BCUT2D eigenvalue weighted by Gasteiger charge is -2.30. The normalized spacial score (nSPS) is 19.5. The number of nitrogens with zero attached hydrogens (tertiary/aromatic N) is 3. The van der Waals surface area contributed by atoms with Crippen molar-refractivity contribution >= 4 is 17.2 Å². The standard InChI is InChI=1S/C16H22N6/c1-12-4-3-7-22(10-12)11-13-5-2-6-14(8-13)20-21-15(9-17)16(18)19/h2,5-6,8,12,20H,3-4,7,10-11H2,1H3,(H3,18,19)/b21-15+. The number of benzene rings is 1. The summed E-state index contributed by atoms with van der Waals surface area (Å²) in [5.74, 6) is 0.418. The second kappa shape index (κ2) is 7.57. The number of nitrogens with one attached hydrogen (secondary N) is 2. The van der Waals surface area contributed by atoms with E-state index >= 15 is 0 Å². The molecule has 1 aliphatic heterocycles. The van der Waals surface area contributed by atoms with Crippen LogP contribution in [0.3, 0.4) is 0 Å². The minimum absolute atomic E-state index is 0.116. The van der Waals surface area contributed by atoms with Crippen LogP contribution in [0.2, 0.25) is 0 Å². The summed E-state index contributed by atoms with van der Waals surface area (Å²) in [4.78, 5) is 2.47. The van der Waals surface area contributed by atoms with Gasteiger partial charge in [-0.25, -0.2) is 0 Å². The van der Waals surface area contributed by atoms with Crippen molar-refractivity contribution in [2.75, 3.05) is 18.5 Å². The molecule has 1 heterocycles. The number of hydrazone groups is 1. The molecule has 0 radical (unpaired) electrons. The van der Waals surface area contributed by atoms with Gasteiger partial charge >= 0.3 is 0 Å². The fraction of sp³-hybridized carbons (Fsp3) is 0.438. The third-order valence-corrected chi connectivity index (χ3v) is 3.73. The Balaban J connectivity index is 2.01. The summed E-state index contributed by atoms with van der Waals surface area (Å²) in [5, 5.41) is 19.9. The monoisotopic (exact) mass is 298 g/mol. The summed E-state index contributed by atoms with van der Waals surface area (Å²) < 4.78 is 0. The number of piperidine rings is 1. The maximum absolute atomic E-state index is 8.82. The van der Waals surface area contributed by atoms with Crippen LogP contribution in [0.1, 0.15) is 25.3 Å². The van der Waals surface area contributed by atoms with E-state index in [9.17, 15) is 0 Å². The van der Waals surface area contributed by atoms with Gasteiger partial charge in [0, 0.05) is 13.1 Å². The van der Waals surface area contributed by atoms with Crippen LogP contribution in [-0.4, -0.2) is 29.5 Å². The van der Waals surface area contributed by atoms with Crippen molar-refractivity contribution in [1.29, 1.82) is 10.7 Å². The highest BCUT2D eigenvalue weighted by molar-refractivity contribution is 6.45. The van der Waals surface area contributed by atoms with Gasteiger partial charge in [-0.15, -0.1) is 0 Å². The number of hydrogen-bond donors (Lipinski definition) is 3. The average Bonchev–Trinajstić information content (AvgIpc) is 2.48. The van der Waals surface area contributed by atoms with Gasteiger partial charge in [-0.1, -0.05) is 19.1 Å². The van der Waals surface area contributed by atoms with Crippen LogP contribution in [0.15, 0.2) is 29.4 Å². The Labute approximate surface area is 131 Å². The zero-order chi connectivity index (χ0) is 15.9. The van der Waals surface area contributed by atoms with Crippen molar-refractivity contribution in [3.8, 4) is 6.07 Å². The summed E-state index contributed by atoms with van der Waals surface area (Å²) >= 11 is 0. The Morgan fingerprint density at radius 3 is 3.09 bits per heavy atom. The van der Waals surface area contributed by atoms with Gasteiger partial charge in [0.05, 0.1) is 5.69 Å². The molecule has 0 amide bonds. The summed E-state index contributed by atoms with van der Waals surface area (Å²) in [7, 11) is 0. The van der Waals surface area contributed by atoms with E-state index in [2.05, 4.69) is 28.4 Å². The molecule has 6 heteroatoms. The van der Waals surface area contributed by atoms with Gasteiger partial charge in [0.15, 0.2) is 5.84 Å². The van der Waals surface area contributed by atoms with E-state index in [-0.39, 0.29) is 11.5 Å². The van der Waals surface area contributed by atoms with Crippen LogP contribution in [0, 0.1) is 22.7 Å². The number of rotatable bonds is 5. The molecular formula is C16H22N6. The first kappa shape index (κ1) is 16.0. The zero-order valence-corrected chi connectivity index (χ0v) is 12.8. The molecule has 0 aliphatic carbocycles. The first-order chi connectivity index (χ1) is 10.6. The van der Waals surface area contributed by atoms with E-state index < -0.39 is 0 Å². The second-order valence-corrected chi connectivity index (χ2v) is 5.78. The highest BCUT2D eigenvalue weighted by atomic mass is 15.3. The van der Waals surface area contributed by atoms with Crippen molar-refractivity contribution in [3.05, 3.63) is 29.8 Å². The molecule has 4 N–H and O–H groups in total. The number of anilines is 1. The summed E-state index contributed by atoms with van der Waals surface area (Å²) in [6.45, 7) is 5.49. The van der Waals surface area contributed by atoms with Gasteiger partial charge in [-0.2, -0.15) is 10.4 Å². The van der Waals surface area contributed by atoms with Crippen LogP contribution in [0.25, 0.3) is 0 Å². The number of likely N-dealkylation sites (tertiary alicyclic amines) is 1. The lowest BCUT2D eigenvalue weighted by atomic mass is 10.00. The van der Waals surface area contributed by atoms with Gasteiger partial charge in [0.1, 0.15) is 6.07 Å². The van der Waals surface area contributed by atoms with Gasteiger partial charge in [-0.05, 0) is 43.0 Å². The lowest BCUT2D eigenvalue weighted by Crippen LogP contribution is -2.33. The lowest BCUT2D eigenvalue weighted by molar-refractivity contribution is 0.176. The Morgan fingerprint density at radius 1 is 1.59 bits per heavy atom. The first-order valence-electron chi connectivity index (χ1n) is 7.48. The number of nitrogens with two attached hydrogens (primary N) is 1. The van der Waals surface area contributed by atoms with E-state index in [1.165, 1.54) is 18.4 Å². The third-order valence-electron chi connectivity index (χ3n) is 3.73. The van der Waals surface area contributed by atoms with E-state index in [0.717, 1.165) is 31.2 Å². The zero-order valence-electron chi connectivity index (χ0n) is 12.8. The molecule has 1 fully saturated rings. The summed E-state index contributed by atoms with van der Waals surface area (Å²) in [6.07, 6.45) is 2.57. The summed E-state index contributed by atoms with van der Waals surface area (Å²) in [5.41, 5.74) is 9.93. The molecule has 0 saturated carbocycles. The maximum atomic E-state index is 8.82. The Morgan fingerprint density at radius 2 is 2.41 bits per heavy atom. The Bertz CT molecular complexity index is 601. The molecule has 1 aromatic rings. The quantitative estimate of drug-likeness (QED) is 0.440. The average molecular weight is 298 g/mol. The molecule has 6 nitrogen and oxygen atoms in total. The van der Waals surface area contributed by atoms with Crippen molar-refractivity contribution in [2.24, 2.45) is 16.8 Å². The fourth-order valence-corrected chi connectivity index (χ4v) is 2.69. The largest absolute Gasteiger partial charge is 0.382 e. The van der Waals surface area contributed by atoms with Crippen LogP contribution >= 0.6 is 0 Å². The molecular weight excluding hydrogens is 276 g/mol. The summed E-state index contributed by atoms with van der Waals surface area (Å²) in [6, 6.07) is 9.72. The van der Waals surface area contributed by atoms with Crippen LogP contribution in [0.4, 0.5) is 5.69 Å². The van der Waals surface area contributed by atoms with Crippen LogP contribution in [0.5, 0.6) is 0 Å². The topological polar surface area (TPSA) is 101 Å². The van der Waals surface area contributed by atoms with Gasteiger partial charge in [0.25, 0.3) is 0 Å². The fourth-order valence-electron chi connectivity index (χ4n) is 2.69. The molecule has 1 saturated heterocycles. The van der Waals surface area contributed by atoms with E-state index in [1.54, 1.807) is 6.07 Å². The van der Waals surface area contributed by atoms with Crippen molar-refractivity contribution in [3.63, 3.8) is 0 Å². The van der Waals surface area contributed by atoms with Gasteiger partial charge in [-0.3, -0.25) is 15.7 Å². The van der Waals surface area contributed by atoms with E-state index in [4.69, 9.17) is 16.4 Å². The number of amidine groups is 1. The smallest absolute Gasteiger partial charge is 0.201 e. The molecule has 1 aliphatic rings. The predicted molar refractivity (Wildman–Crippen MR) is 88.7 cm³/mol. The van der Waals surface area contributed by atoms with Crippen LogP contribution in [-0.2, 0) is 6.54 Å². The minimum atomic E-state index is -0.339. The highest BCUT2D eigenvalue weighted by Crippen LogP contribution is 2.19. The molecule has 0 aromatic heterocycles. The molecule has 1 unspecified atom stereocenters. The molecule has 22 heavy (non-hydrogen) atoms. The van der Waals surface area contributed by atoms with Crippen molar-refractivity contribution in [1.82, 2.24) is 4.90 Å². The molecule has 1 aromatic carbocycles. The van der Waals surface area contributed by atoms with Gasteiger partial charge in [0.2, 0.25) is 5.71 Å². The maximum Gasteiger partial charge on any atom is 0.201 e. The molecule has 2 rings (SSSR count). The van der Waals surface area contributed by atoms with Gasteiger partial charge < -0.3 is 5.73 Å². The molecule has 0 spiro atoms. The Hall–Kier alpha value is -2.39. The van der Waals surface area contributed by atoms with E-state index in [1.807, 2.05) is 18.2 Å². The highest BCUT2D eigenvalue weighted by Gasteiger charge is 2.16. The SMILES string of the molecule is CC1CCCN(Cc2cccc(N/N=C(\C#N)C(=N)N)c2)C1. The molecule has 1 atom stereocenters. The third kappa shape index (κ3) is 4.57. The van der Waals surface area contributed by atoms with Crippen molar-refractivity contribution < 1.29 is 0 Å². The molecule has 116 valence electrons. The molecule has 0 bridgehead atoms. The first-order valence-corrected chi connectivity index (χ1v) is 7.48. The van der Waals surface area contributed by atoms with Crippen LogP contribution < -0.4 is 11.2 Å². The Kier molecular flexibility index (Phi) is 5.50. The number of hydrogen-bond acceptors (Lipinski definition) is 5. The predicted octanol–water partition coefficient (Wildman–Crippen LogP) is 2.15. The number of nitriles is 1. The minimum Gasteiger partial charge on any atom is -0.382 e. The second-order valence-electron chi connectivity index (χ2n) is 5.78. The van der Waals surface area contributed by atoms with Crippen molar-refractivity contribution in [2.45, 2.75) is 26.3 Å². The van der Waals surface area contributed by atoms with E-state index in [0.29, 0.717) is 0 Å².